The molecular formula is C21H42O4. The molecule has 0 aromatic rings. The monoisotopic (exact) mass is 358 g/mol. The Labute approximate surface area is 155 Å². The molecule has 0 aliphatic heterocycles. The van der Waals surface area contributed by atoms with Gasteiger partial charge >= 0.3 is 0 Å². The van der Waals surface area contributed by atoms with Crippen LogP contribution in [0.25, 0.3) is 0 Å². The summed E-state index contributed by atoms with van der Waals surface area (Å²) in [5, 5.41) is 0. The van der Waals surface area contributed by atoms with E-state index in [9.17, 15) is 0 Å². The second kappa shape index (κ2) is 9.16. The van der Waals surface area contributed by atoms with Crippen LogP contribution in [0.15, 0.2) is 0 Å². The summed E-state index contributed by atoms with van der Waals surface area (Å²) < 4.78 is 0. The first-order valence-electron chi connectivity index (χ1n) is 10.1. The predicted octanol–water partition coefficient (Wildman–Crippen LogP) is 6.23. The molecule has 0 bridgehead atoms. The van der Waals surface area contributed by atoms with Gasteiger partial charge in [0.1, 0.15) is 12.2 Å². The summed E-state index contributed by atoms with van der Waals surface area (Å²) in [6, 6.07) is 0. The van der Waals surface area contributed by atoms with Crippen molar-refractivity contribution in [3.8, 4) is 0 Å². The van der Waals surface area contributed by atoms with Crippen LogP contribution in [0.5, 0.6) is 0 Å². The minimum absolute atomic E-state index is 0.0249. The second-order valence-corrected chi connectivity index (χ2v) is 9.87. The van der Waals surface area contributed by atoms with Crippen LogP contribution >= 0.6 is 0 Å². The smallest absolute Gasteiger partial charge is 0.127 e. The van der Waals surface area contributed by atoms with Crippen LogP contribution < -0.4 is 0 Å². The van der Waals surface area contributed by atoms with E-state index >= 15 is 0 Å². The average Bonchev–Trinajstić information content (AvgIpc) is 2.42. The van der Waals surface area contributed by atoms with E-state index in [2.05, 4.69) is 62.3 Å². The molecule has 1 rings (SSSR count). The summed E-state index contributed by atoms with van der Waals surface area (Å²) in [4.78, 5) is 23.6. The van der Waals surface area contributed by atoms with Gasteiger partial charge in [-0.3, -0.25) is 0 Å². The highest BCUT2D eigenvalue weighted by molar-refractivity contribution is 4.92. The maximum Gasteiger partial charge on any atom is 0.127 e. The summed E-state index contributed by atoms with van der Waals surface area (Å²) >= 11 is 0. The van der Waals surface area contributed by atoms with E-state index in [1.165, 1.54) is 0 Å². The zero-order valence-corrected chi connectivity index (χ0v) is 18.1. The first kappa shape index (κ1) is 22.9. The molecule has 0 aromatic heterocycles. The zero-order chi connectivity index (χ0) is 19.3. The average molecular weight is 359 g/mol. The highest BCUT2D eigenvalue weighted by Crippen LogP contribution is 2.43. The van der Waals surface area contributed by atoms with Crippen molar-refractivity contribution in [3.05, 3.63) is 0 Å². The van der Waals surface area contributed by atoms with Gasteiger partial charge in [0.15, 0.2) is 0 Å². The third kappa shape index (κ3) is 7.54. The van der Waals surface area contributed by atoms with Crippen LogP contribution in [0.1, 0.15) is 101 Å². The van der Waals surface area contributed by atoms with Crippen LogP contribution in [0.3, 0.4) is 0 Å². The van der Waals surface area contributed by atoms with Gasteiger partial charge in [0.25, 0.3) is 0 Å². The molecule has 4 heteroatoms. The molecule has 0 radical (unpaired) electrons. The maximum atomic E-state index is 6.00. The first-order valence-corrected chi connectivity index (χ1v) is 10.1. The molecule has 3 unspecified atom stereocenters. The molecule has 1 aliphatic carbocycles. The molecule has 1 fully saturated rings. The van der Waals surface area contributed by atoms with Crippen molar-refractivity contribution in [1.82, 2.24) is 0 Å². The van der Waals surface area contributed by atoms with Gasteiger partial charge in [-0.2, -0.15) is 0 Å². The molecule has 25 heavy (non-hydrogen) atoms. The lowest BCUT2D eigenvalue weighted by Crippen LogP contribution is -2.50. The molecule has 0 spiro atoms. The van der Waals surface area contributed by atoms with E-state index in [-0.39, 0.29) is 28.8 Å². The van der Waals surface area contributed by atoms with Gasteiger partial charge in [0, 0.05) is 0 Å². The highest BCUT2D eigenvalue weighted by Gasteiger charge is 2.46. The summed E-state index contributed by atoms with van der Waals surface area (Å²) in [7, 11) is 0. The Kier molecular flexibility index (Phi) is 8.39. The van der Waals surface area contributed by atoms with Gasteiger partial charge in [-0.05, 0) is 64.7 Å². The fraction of sp³-hybridized carbons (Fsp3) is 1.00. The van der Waals surface area contributed by atoms with Gasteiger partial charge in [-0.15, -0.1) is 0 Å². The third-order valence-corrected chi connectivity index (χ3v) is 5.10. The van der Waals surface area contributed by atoms with Crippen LogP contribution in [0.2, 0.25) is 0 Å². The van der Waals surface area contributed by atoms with E-state index in [0.717, 1.165) is 38.5 Å². The van der Waals surface area contributed by atoms with Crippen LogP contribution in [-0.2, 0) is 19.6 Å². The quantitative estimate of drug-likeness (QED) is 0.342. The first-order chi connectivity index (χ1) is 11.4. The van der Waals surface area contributed by atoms with Gasteiger partial charge in [-0.1, -0.05) is 47.5 Å². The van der Waals surface area contributed by atoms with Gasteiger partial charge in [-0.25, -0.2) is 19.6 Å². The van der Waals surface area contributed by atoms with E-state index in [4.69, 9.17) is 19.6 Å². The number of hydrogen-bond donors (Lipinski definition) is 0. The van der Waals surface area contributed by atoms with E-state index < -0.39 is 0 Å². The molecule has 0 heterocycles. The summed E-state index contributed by atoms with van der Waals surface area (Å²) in [5.74, 6) is 0.571. The van der Waals surface area contributed by atoms with E-state index in [0.29, 0.717) is 5.92 Å². The molecule has 0 N–H and O–H groups in total. The molecular weight excluding hydrogens is 316 g/mol. The van der Waals surface area contributed by atoms with Crippen LogP contribution in [0.4, 0.5) is 0 Å². The van der Waals surface area contributed by atoms with Crippen molar-refractivity contribution in [2.75, 3.05) is 0 Å². The predicted molar refractivity (Wildman–Crippen MR) is 102 cm³/mol. The summed E-state index contributed by atoms with van der Waals surface area (Å²) in [6.45, 7) is 19.4. The number of rotatable bonds is 10. The van der Waals surface area contributed by atoms with Gasteiger partial charge in [0.2, 0.25) is 0 Å². The van der Waals surface area contributed by atoms with Crippen molar-refractivity contribution < 1.29 is 19.6 Å². The van der Waals surface area contributed by atoms with Crippen LogP contribution in [-0.4, -0.2) is 23.4 Å². The molecule has 0 amide bonds. The van der Waals surface area contributed by atoms with E-state index in [1.807, 2.05) is 0 Å². The van der Waals surface area contributed by atoms with Crippen molar-refractivity contribution >= 4 is 0 Å². The summed E-state index contributed by atoms with van der Waals surface area (Å²) in [5.41, 5.74) is -0.601. The standard InChI is InChI=1S/C21H42O4/c1-10-12-20(6,7)24-22-17-14-16(3)15-19(4,5)18(17)23-25-21(8,9)13-11-2/h16-18H,10-15H2,1-9H3. The maximum absolute atomic E-state index is 6.00. The van der Waals surface area contributed by atoms with Crippen LogP contribution in [0, 0.1) is 11.3 Å². The van der Waals surface area contributed by atoms with Gasteiger partial charge in [0.05, 0.1) is 11.2 Å². The Morgan fingerprint density at radius 1 is 0.880 bits per heavy atom. The Hall–Kier alpha value is -0.160. The lowest BCUT2D eigenvalue weighted by atomic mass is 9.69. The van der Waals surface area contributed by atoms with E-state index in [1.54, 1.807) is 0 Å². The molecule has 150 valence electrons. The zero-order valence-electron chi connectivity index (χ0n) is 18.1. The molecule has 1 saturated carbocycles. The lowest BCUT2D eigenvalue weighted by Gasteiger charge is -2.45. The Bertz CT molecular complexity index is 389. The molecule has 1 aliphatic rings. The summed E-state index contributed by atoms with van der Waals surface area (Å²) in [6.07, 6.45) is 5.81. The minimum atomic E-state index is -0.291. The third-order valence-electron chi connectivity index (χ3n) is 5.10. The molecule has 0 aromatic carbocycles. The molecule has 4 nitrogen and oxygen atoms in total. The number of hydrogen-bond acceptors (Lipinski definition) is 4. The molecule has 3 atom stereocenters. The fourth-order valence-corrected chi connectivity index (χ4v) is 4.06. The SMILES string of the molecule is CCCC(C)(C)OOC1CC(C)CC(C)(C)C1OOC(C)(C)CCC. The van der Waals surface area contributed by atoms with Crippen molar-refractivity contribution in [2.24, 2.45) is 11.3 Å². The largest absolute Gasteiger partial charge is 0.230 e. The Morgan fingerprint density at radius 2 is 1.36 bits per heavy atom. The lowest BCUT2D eigenvalue weighted by molar-refractivity contribution is -0.451. The van der Waals surface area contributed by atoms with Crippen molar-refractivity contribution in [3.63, 3.8) is 0 Å². The fourth-order valence-electron chi connectivity index (χ4n) is 4.06. The minimum Gasteiger partial charge on any atom is -0.230 e. The molecule has 0 saturated heterocycles. The Balaban J connectivity index is 2.79. The van der Waals surface area contributed by atoms with Crippen molar-refractivity contribution in [2.45, 2.75) is 124 Å². The normalized spacial score (nSPS) is 27.5. The highest BCUT2D eigenvalue weighted by atomic mass is 17.2. The van der Waals surface area contributed by atoms with Gasteiger partial charge < -0.3 is 0 Å². The Morgan fingerprint density at radius 3 is 1.84 bits per heavy atom. The van der Waals surface area contributed by atoms with Crippen molar-refractivity contribution in [1.29, 1.82) is 0 Å². The topological polar surface area (TPSA) is 36.9 Å². The second-order valence-electron chi connectivity index (χ2n) is 9.87.